The molecular weight excluding hydrogens is 548 g/mol. The molecule has 0 aromatic heterocycles. The van der Waals surface area contributed by atoms with E-state index in [1.807, 2.05) is 12.1 Å². The summed E-state index contributed by atoms with van der Waals surface area (Å²) in [7, 11) is -3.30. The lowest BCUT2D eigenvalue weighted by Crippen LogP contribution is -2.53. The van der Waals surface area contributed by atoms with Crippen molar-refractivity contribution >= 4 is 34.1 Å². The van der Waals surface area contributed by atoms with E-state index in [0.29, 0.717) is 23.5 Å². The van der Waals surface area contributed by atoms with Crippen molar-refractivity contribution < 1.29 is 17.9 Å². The third-order valence-electron chi connectivity index (χ3n) is 7.67. The van der Waals surface area contributed by atoms with Crippen molar-refractivity contribution in [2.24, 2.45) is 0 Å². The first-order chi connectivity index (χ1) is 18.8. The monoisotopic (exact) mass is 592 g/mol. The number of unbranched alkanes of at least 4 members (excludes halogenated alkanes) is 1. The van der Waals surface area contributed by atoms with Gasteiger partial charge in [0, 0.05) is 44.0 Å². The lowest BCUT2D eigenvalue weighted by molar-refractivity contribution is 0.113. The molecule has 2 N–H and O–H groups in total. The zero-order valence-electron chi connectivity index (χ0n) is 23.8. The van der Waals surface area contributed by atoms with Crippen LogP contribution in [0.4, 0.5) is 10.5 Å². The molecule has 1 heterocycles. The Morgan fingerprint density at radius 1 is 0.950 bits per heavy atom. The van der Waals surface area contributed by atoms with Crippen molar-refractivity contribution in [3.8, 4) is 11.5 Å². The van der Waals surface area contributed by atoms with E-state index in [4.69, 9.17) is 4.74 Å². The Balaban J connectivity index is 0.00000441. The van der Waals surface area contributed by atoms with Crippen molar-refractivity contribution in [2.45, 2.75) is 83.3 Å². The highest BCUT2D eigenvalue weighted by molar-refractivity contribution is 7.92. The molecular formula is C30H45ClN4O4S. The van der Waals surface area contributed by atoms with Gasteiger partial charge in [0.15, 0.2) is 0 Å². The van der Waals surface area contributed by atoms with Crippen molar-refractivity contribution in [3.05, 3.63) is 54.1 Å². The molecule has 1 aliphatic heterocycles. The smallest absolute Gasteiger partial charge is 0.317 e. The highest BCUT2D eigenvalue weighted by Gasteiger charge is 2.29. The summed E-state index contributed by atoms with van der Waals surface area (Å²) in [6, 6.07) is 15.7. The topological polar surface area (TPSA) is 91.0 Å². The predicted molar refractivity (Wildman–Crippen MR) is 164 cm³/mol. The number of nitrogens with one attached hydrogen (secondary N) is 2. The molecule has 222 valence electrons. The van der Waals surface area contributed by atoms with Crippen LogP contribution in [-0.2, 0) is 16.6 Å². The molecule has 2 aromatic rings. The summed E-state index contributed by atoms with van der Waals surface area (Å²) in [4.78, 5) is 17.8. The Hall–Kier alpha value is -2.49. The molecule has 2 aromatic carbocycles. The molecule has 1 saturated heterocycles. The third kappa shape index (κ3) is 10.2. The molecule has 0 bridgehead atoms. The Morgan fingerprint density at radius 2 is 1.55 bits per heavy atom. The molecule has 4 rings (SSSR count). The number of halogens is 1. The summed E-state index contributed by atoms with van der Waals surface area (Å²) in [5.41, 5.74) is 1.73. The molecule has 1 saturated carbocycles. The largest absolute Gasteiger partial charge is 0.457 e. The van der Waals surface area contributed by atoms with Gasteiger partial charge in [0.25, 0.3) is 0 Å². The van der Waals surface area contributed by atoms with Gasteiger partial charge in [-0.1, -0.05) is 44.7 Å². The van der Waals surface area contributed by atoms with Gasteiger partial charge in [0.1, 0.15) is 11.5 Å². The minimum atomic E-state index is -3.30. The molecule has 0 unspecified atom stereocenters. The van der Waals surface area contributed by atoms with E-state index in [2.05, 4.69) is 38.9 Å². The number of hydrogen-bond donors (Lipinski definition) is 2. The summed E-state index contributed by atoms with van der Waals surface area (Å²) in [5, 5.41) is 3.34. The number of hydrogen-bond acceptors (Lipinski definition) is 5. The first-order valence-corrected chi connectivity index (χ1v) is 16.3. The maximum absolute atomic E-state index is 13.2. The van der Waals surface area contributed by atoms with E-state index in [0.717, 1.165) is 76.7 Å². The van der Waals surface area contributed by atoms with E-state index in [1.165, 1.54) is 24.8 Å². The number of urea groups is 1. The van der Waals surface area contributed by atoms with Gasteiger partial charge >= 0.3 is 6.03 Å². The van der Waals surface area contributed by atoms with Gasteiger partial charge in [-0.25, -0.2) is 13.2 Å². The van der Waals surface area contributed by atoms with Crippen LogP contribution < -0.4 is 14.8 Å². The van der Waals surface area contributed by atoms with Crippen LogP contribution in [0.25, 0.3) is 0 Å². The number of sulfonamides is 1. The Bertz CT molecular complexity index is 1150. The zero-order valence-corrected chi connectivity index (χ0v) is 25.4. The summed E-state index contributed by atoms with van der Waals surface area (Å²) < 4.78 is 31.1. The molecule has 8 nitrogen and oxygen atoms in total. The van der Waals surface area contributed by atoms with Crippen LogP contribution in [0.2, 0.25) is 0 Å². The lowest BCUT2D eigenvalue weighted by atomic mass is 9.95. The van der Waals surface area contributed by atoms with Crippen LogP contribution in [0.3, 0.4) is 0 Å². The Labute approximate surface area is 246 Å². The van der Waals surface area contributed by atoms with Crippen LogP contribution in [-0.4, -0.2) is 62.2 Å². The van der Waals surface area contributed by atoms with Gasteiger partial charge in [-0.3, -0.25) is 9.62 Å². The summed E-state index contributed by atoms with van der Waals surface area (Å²) in [6.45, 7) is 5.87. The normalized spacial score (nSPS) is 17.1. The molecule has 0 radical (unpaired) electrons. The molecule has 1 aliphatic carbocycles. The first kappa shape index (κ1) is 32.0. The number of anilines is 1. The molecule has 2 amide bonds. The van der Waals surface area contributed by atoms with Gasteiger partial charge in [0.05, 0.1) is 6.26 Å². The highest BCUT2D eigenvalue weighted by atomic mass is 35.5. The van der Waals surface area contributed by atoms with Gasteiger partial charge in [0.2, 0.25) is 10.0 Å². The number of rotatable bonds is 11. The van der Waals surface area contributed by atoms with Crippen molar-refractivity contribution in [1.82, 2.24) is 15.1 Å². The standard InChI is InChI=1S/C30H44N4O4S.ClH/c1-3-4-20-34(30(35)31-25-8-6-5-7-9-25)27-18-21-33(22-19-27)23-24-10-14-28(15-11-24)38-29-16-12-26(13-17-29)32-39(2,36)37;/h10-17,25,27,32H,3-9,18-23H2,1-2H3,(H,31,35);1H. The van der Waals surface area contributed by atoms with Crippen molar-refractivity contribution in [2.75, 3.05) is 30.6 Å². The van der Waals surface area contributed by atoms with Crippen LogP contribution in [0, 0.1) is 0 Å². The number of nitrogens with zero attached hydrogens (tertiary/aromatic N) is 2. The van der Waals surface area contributed by atoms with Gasteiger partial charge in [-0.2, -0.15) is 0 Å². The average Bonchev–Trinajstić information content (AvgIpc) is 2.92. The first-order valence-electron chi connectivity index (χ1n) is 14.4. The number of piperidine rings is 1. The van der Waals surface area contributed by atoms with E-state index in [1.54, 1.807) is 24.3 Å². The second-order valence-electron chi connectivity index (χ2n) is 11.0. The van der Waals surface area contributed by atoms with Gasteiger partial charge in [-0.15, -0.1) is 12.4 Å². The van der Waals surface area contributed by atoms with Crippen LogP contribution in [0.5, 0.6) is 11.5 Å². The zero-order chi connectivity index (χ0) is 27.7. The van der Waals surface area contributed by atoms with E-state index in [9.17, 15) is 13.2 Å². The molecule has 2 fully saturated rings. The maximum atomic E-state index is 13.2. The molecule has 40 heavy (non-hydrogen) atoms. The number of benzene rings is 2. The Kier molecular flexibility index (Phi) is 12.4. The highest BCUT2D eigenvalue weighted by Crippen LogP contribution is 2.25. The average molecular weight is 593 g/mol. The number of ether oxygens (including phenoxy) is 1. The fourth-order valence-corrected chi connectivity index (χ4v) is 6.10. The molecule has 0 spiro atoms. The summed E-state index contributed by atoms with van der Waals surface area (Å²) >= 11 is 0. The maximum Gasteiger partial charge on any atom is 0.317 e. The minimum Gasteiger partial charge on any atom is -0.457 e. The number of carbonyl (C=O) groups is 1. The third-order valence-corrected chi connectivity index (χ3v) is 8.27. The SMILES string of the molecule is CCCCN(C(=O)NC1CCCCC1)C1CCN(Cc2ccc(Oc3ccc(NS(C)(=O)=O)cc3)cc2)CC1.Cl. The molecule has 10 heteroatoms. The van der Waals surface area contributed by atoms with Crippen molar-refractivity contribution in [1.29, 1.82) is 0 Å². The van der Waals surface area contributed by atoms with E-state index in [-0.39, 0.29) is 18.4 Å². The fraction of sp³-hybridized carbons (Fsp3) is 0.567. The number of likely N-dealkylation sites (tertiary alicyclic amines) is 1. The minimum absolute atomic E-state index is 0. The van der Waals surface area contributed by atoms with Gasteiger partial charge in [-0.05, 0) is 74.1 Å². The number of carbonyl (C=O) groups excluding carboxylic acids is 1. The van der Waals surface area contributed by atoms with Crippen LogP contribution >= 0.6 is 12.4 Å². The van der Waals surface area contributed by atoms with Crippen molar-refractivity contribution in [3.63, 3.8) is 0 Å². The summed E-state index contributed by atoms with van der Waals surface area (Å²) in [5.74, 6) is 1.38. The van der Waals surface area contributed by atoms with Gasteiger partial charge < -0.3 is 15.0 Å². The summed E-state index contributed by atoms with van der Waals surface area (Å²) in [6.07, 6.45) is 11.3. The van der Waals surface area contributed by atoms with E-state index < -0.39 is 10.0 Å². The quantitative estimate of drug-likeness (QED) is 0.316. The second-order valence-corrected chi connectivity index (χ2v) is 12.7. The fourth-order valence-electron chi connectivity index (χ4n) is 5.53. The second kappa shape index (κ2) is 15.5. The van der Waals surface area contributed by atoms with Crippen LogP contribution in [0.1, 0.15) is 70.3 Å². The molecule has 2 aliphatic rings. The lowest BCUT2D eigenvalue weighted by Gasteiger charge is -2.39. The predicted octanol–water partition coefficient (Wildman–Crippen LogP) is 6.38. The molecule has 0 atom stereocenters. The number of amides is 2. The van der Waals surface area contributed by atoms with Crippen LogP contribution in [0.15, 0.2) is 48.5 Å². The Morgan fingerprint density at radius 3 is 2.12 bits per heavy atom. The van der Waals surface area contributed by atoms with E-state index >= 15 is 0 Å².